The van der Waals surface area contributed by atoms with Crippen LogP contribution in [0, 0.1) is 6.92 Å². The van der Waals surface area contributed by atoms with Gasteiger partial charge in [-0.25, -0.2) is 0 Å². The predicted octanol–water partition coefficient (Wildman–Crippen LogP) is 0.476. The highest BCUT2D eigenvalue weighted by atomic mass is 32.2. The number of carbonyl (C=O) groups excluding carboxylic acids is 1. The first-order chi connectivity index (χ1) is 11.9. The van der Waals surface area contributed by atoms with E-state index in [1.54, 1.807) is 0 Å². The Morgan fingerprint density at radius 2 is 1.76 bits per heavy atom. The summed E-state index contributed by atoms with van der Waals surface area (Å²) in [6.07, 6.45) is 0. The van der Waals surface area contributed by atoms with Gasteiger partial charge in [0, 0.05) is 39.0 Å². The maximum absolute atomic E-state index is 12.9. The normalized spacial score (nSPS) is 25.8. The summed E-state index contributed by atoms with van der Waals surface area (Å²) in [7, 11) is -3.54. The molecule has 1 N–H and O–H groups in total. The third kappa shape index (κ3) is 4.03. The van der Waals surface area contributed by atoms with Crippen LogP contribution in [-0.2, 0) is 19.7 Å². The fraction of sp³-hybridized carbons (Fsp3) is 0.588. The zero-order valence-electron chi connectivity index (χ0n) is 14.6. The number of hydrogen-bond donors (Lipinski definition) is 1. The van der Waals surface area contributed by atoms with Crippen LogP contribution in [0.1, 0.15) is 24.0 Å². The lowest BCUT2D eigenvalue weighted by Gasteiger charge is -2.30. The van der Waals surface area contributed by atoms with E-state index in [-0.39, 0.29) is 24.4 Å². The molecule has 2 aliphatic heterocycles. The Morgan fingerprint density at radius 3 is 2.36 bits per heavy atom. The number of morpholine rings is 1. The third-order valence-corrected chi connectivity index (χ3v) is 6.77. The summed E-state index contributed by atoms with van der Waals surface area (Å²) in [6.45, 7) is 5.72. The quantitative estimate of drug-likeness (QED) is 0.839. The van der Waals surface area contributed by atoms with Gasteiger partial charge in [-0.1, -0.05) is 29.8 Å². The number of benzene rings is 1. The summed E-state index contributed by atoms with van der Waals surface area (Å²) < 4.78 is 34.1. The SMILES string of the molecule is CC(=O)N[C@@H]1CN(S(=O)(=O)N2CCOCC2)C[C@H]1c1ccc(C)cc1. The smallest absolute Gasteiger partial charge is 0.282 e. The minimum atomic E-state index is -3.54. The van der Waals surface area contributed by atoms with Crippen LogP contribution in [0.5, 0.6) is 0 Å². The van der Waals surface area contributed by atoms with Gasteiger partial charge in [0.15, 0.2) is 0 Å². The molecular formula is C17H25N3O4S. The van der Waals surface area contributed by atoms with Crippen molar-refractivity contribution in [1.82, 2.24) is 13.9 Å². The summed E-state index contributed by atoms with van der Waals surface area (Å²) in [5, 5.41) is 2.92. The van der Waals surface area contributed by atoms with Crippen molar-refractivity contribution < 1.29 is 17.9 Å². The number of hydrogen-bond acceptors (Lipinski definition) is 4. The average molecular weight is 367 g/mol. The predicted molar refractivity (Wildman–Crippen MR) is 94.4 cm³/mol. The van der Waals surface area contributed by atoms with Gasteiger partial charge in [-0.2, -0.15) is 17.0 Å². The summed E-state index contributed by atoms with van der Waals surface area (Å²) in [4.78, 5) is 11.6. The Hall–Kier alpha value is -1.48. The molecule has 2 fully saturated rings. The minimum absolute atomic E-state index is 0.0553. The molecule has 7 nitrogen and oxygen atoms in total. The van der Waals surface area contributed by atoms with E-state index in [0.717, 1.165) is 11.1 Å². The van der Waals surface area contributed by atoms with Gasteiger partial charge in [0.05, 0.1) is 19.3 Å². The van der Waals surface area contributed by atoms with Crippen LogP contribution in [0.2, 0.25) is 0 Å². The Kier molecular flexibility index (Phi) is 5.43. The molecule has 0 bridgehead atoms. The average Bonchev–Trinajstić information content (AvgIpc) is 3.00. The van der Waals surface area contributed by atoms with E-state index in [4.69, 9.17) is 4.74 Å². The number of aryl methyl sites for hydroxylation is 1. The van der Waals surface area contributed by atoms with Gasteiger partial charge in [0.2, 0.25) is 5.91 Å². The lowest BCUT2D eigenvalue weighted by molar-refractivity contribution is -0.119. The van der Waals surface area contributed by atoms with Crippen molar-refractivity contribution in [1.29, 1.82) is 0 Å². The molecule has 2 atom stereocenters. The second-order valence-electron chi connectivity index (χ2n) is 6.66. The molecule has 3 rings (SSSR count). The van der Waals surface area contributed by atoms with Gasteiger partial charge in [-0.05, 0) is 12.5 Å². The van der Waals surface area contributed by atoms with Crippen LogP contribution in [0.4, 0.5) is 0 Å². The van der Waals surface area contributed by atoms with Gasteiger partial charge in [0.1, 0.15) is 0 Å². The third-order valence-electron chi connectivity index (χ3n) is 4.80. The highest BCUT2D eigenvalue weighted by Crippen LogP contribution is 2.30. The molecule has 2 heterocycles. The van der Waals surface area contributed by atoms with Gasteiger partial charge < -0.3 is 10.1 Å². The molecule has 2 aliphatic rings. The second kappa shape index (κ2) is 7.41. The Morgan fingerprint density at radius 1 is 1.12 bits per heavy atom. The van der Waals surface area contributed by atoms with E-state index >= 15 is 0 Å². The molecule has 1 amide bonds. The molecule has 1 aromatic carbocycles. The highest BCUT2D eigenvalue weighted by Gasteiger charge is 2.42. The summed E-state index contributed by atoms with van der Waals surface area (Å²) in [5.74, 6) is -0.201. The lowest BCUT2D eigenvalue weighted by Crippen LogP contribution is -2.48. The molecule has 138 valence electrons. The van der Waals surface area contributed by atoms with E-state index in [0.29, 0.717) is 32.8 Å². The number of amides is 1. The van der Waals surface area contributed by atoms with E-state index in [1.165, 1.54) is 15.5 Å². The number of carbonyl (C=O) groups is 1. The van der Waals surface area contributed by atoms with E-state index in [2.05, 4.69) is 5.32 Å². The van der Waals surface area contributed by atoms with Crippen LogP contribution in [0.25, 0.3) is 0 Å². The van der Waals surface area contributed by atoms with Crippen molar-refractivity contribution in [3.63, 3.8) is 0 Å². The molecule has 0 unspecified atom stereocenters. The largest absolute Gasteiger partial charge is 0.379 e. The Balaban J connectivity index is 1.83. The number of nitrogens with zero attached hydrogens (tertiary/aromatic N) is 2. The van der Waals surface area contributed by atoms with Crippen LogP contribution in [0.15, 0.2) is 24.3 Å². The van der Waals surface area contributed by atoms with Crippen molar-refractivity contribution >= 4 is 16.1 Å². The zero-order chi connectivity index (χ0) is 18.0. The van der Waals surface area contributed by atoms with Gasteiger partial charge in [-0.3, -0.25) is 4.79 Å². The number of rotatable bonds is 4. The van der Waals surface area contributed by atoms with Crippen LogP contribution in [-0.4, -0.2) is 68.4 Å². The summed E-state index contributed by atoms with van der Waals surface area (Å²) in [6, 6.07) is 7.83. The first-order valence-electron chi connectivity index (χ1n) is 8.54. The molecule has 2 saturated heterocycles. The van der Waals surface area contributed by atoms with Gasteiger partial charge >= 0.3 is 0 Å². The van der Waals surface area contributed by atoms with Crippen LogP contribution < -0.4 is 5.32 Å². The first kappa shape index (κ1) is 18.3. The topological polar surface area (TPSA) is 79.0 Å². The number of nitrogens with one attached hydrogen (secondary N) is 1. The zero-order valence-corrected chi connectivity index (χ0v) is 15.5. The molecule has 0 aromatic heterocycles. The van der Waals surface area contributed by atoms with Gasteiger partial charge in [0.25, 0.3) is 10.2 Å². The molecule has 8 heteroatoms. The van der Waals surface area contributed by atoms with E-state index in [9.17, 15) is 13.2 Å². The molecule has 25 heavy (non-hydrogen) atoms. The van der Waals surface area contributed by atoms with Crippen molar-refractivity contribution in [2.24, 2.45) is 0 Å². The van der Waals surface area contributed by atoms with Crippen molar-refractivity contribution in [3.8, 4) is 0 Å². The molecule has 0 spiro atoms. The Bertz CT molecular complexity index is 714. The monoisotopic (exact) mass is 367 g/mol. The fourth-order valence-corrected chi connectivity index (χ4v) is 5.09. The van der Waals surface area contributed by atoms with Crippen LogP contribution in [0.3, 0.4) is 0 Å². The summed E-state index contributed by atoms with van der Waals surface area (Å²) in [5.41, 5.74) is 2.19. The van der Waals surface area contributed by atoms with E-state index < -0.39 is 10.2 Å². The standard InChI is InChI=1S/C17H25N3O4S/c1-13-3-5-15(6-4-13)16-11-20(12-17(16)18-14(2)21)25(22,23)19-7-9-24-10-8-19/h3-6,16-17H,7-12H2,1-2H3,(H,18,21)/t16-,17+/m0/s1. The maximum Gasteiger partial charge on any atom is 0.282 e. The second-order valence-corrected chi connectivity index (χ2v) is 8.59. The maximum atomic E-state index is 12.9. The van der Waals surface area contributed by atoms with E-state index in [1.807, 2.05) is 31.2 Å². The van der Waals surface area contributed by atoms with Gasteiger partial charge in [-0.15, -0.1) is 0 Å². The fourth-order valence-electron chi connectivity index (χ4n) is 3.46. The lowest BCUT2D eigenvalue weighted by atomic mass is 9.93. The van der Waals surface area contributed by atoms with Crippen LogP contribution >= 0.6 is 0 Å². The van der Waals surface area contributed by atoms with Crippen molar-refractivity contribution in [2.75, 3.05) is 39.4 Å². The molecular weight excluding hydrogens is 342 g/mol. The van der Waals surface area contributed by atoms with Crippen molar-refractivity contribution in [3.05, 3.63) is 35.4 Å². The van der Waals surface area contributed by atoms with Crippen molar-refractivity contribution in [2.45, 2.75) is 25.8 Å². The minimum Gasteiger partial charge on any atom is -0.379 e. The first-order valence-corrected chi connectivity index (χ1v) is 9.94. The molecule has 0 saturated carbocycles. The highest BCUT2D eigenvalue weighted by molar-refractivity contribution is 7.86. The molecule has 1 aromatic rings. The Labute approximate surface area is 149 Å². The summed E-state index contributed by atoms with van der Waals surface area (Å²) >= 11 is 0. The molecule has 0 aliphatic carbocycles. The molecule has 0 radical (unpaired) electrons. The number of ether oxygens (including phenoxy) is 1.